The van der Waals surface area contributed by atoms with E-state index in [2.05, 4.69) is 19.8 Å². The minimum absolute atomic E-state index is 0.0111. The van der Waals surface area contributed by atoms with Crippen molar-refractivity contribution >= 4 is 33.5 Å². The molecule has 0 spiro atoms. The van der Waals surface area contributed by atoms with Crippen molar-refractivity contribution < 1.29 is 27.5 Å². The Balaban J connectivity index is 1.88. The van der Waals surface area contributed by atoms with Gasteiger partial charge in [0.15, 0.2) is 0 Å². The van der Waals surface area contributed by atoms with Crippen LogP contribution in [-0.4, -0.2) is 51.6 Å². The van der Waals surface area contributed by atoms with Crippen molar-refractivity contribution in [2.24, 2.45) is 0 Å². The molecular weight excluding hydrogens is 482 g/mol. The zero-order valence-corrected chi connectivity index (χ0v) is 20.6. The van der Waals surface area contributed by atoms with Crippen molar-refractivity contribution in [1.82, 2.24) is 15.0 Å². The van der Waals surface area contributed by atoms with Crippen LogP contribution in [0.3, 0.4) is 0 Å². The average Bonchev–Trinajstić information content (AvgIpc) is 2.83. The number of hydrogen-bond acceptors (Lipinski definition) is 7. The number of ether oxygens (including phenoxy) is 2. The summed E-state index contributed by atoms with van der Waals surface area (Å²) in [5.41, 5.74) is 0. The molecule has 0 saturated heterocycles. The van der Waals surface area contributed by atoms with Crippen molar-refractivity contribution in [3.8, 4) is 5.75 Å². The third kappa shape index (κ3) is 10.1. The number of nitrogens with zero attached hydrogens (tertiary/aromatic N) is 1. The molecule has 0 aliphatic rings. The Labute approximate surface area is 205 Å². The molecular formula is C23H30ClN3O6S. The Bertz CT molecular complexity index is 1000. The van der Waals surface area contributed by atoms with E-state index in [-0.39, 0.29) is 17.5 Å². The number of hydrogen-bond donors (Lipinski definition) is 2. The topological polar surface area (TPSA) is 124 Å². The Morgan fingerprint density at radius 3 is 2.44 bits per heavy atom. The molecule has 0 bridgehead atoms. The minimum atomic E-state index is -3.98. The first-order valence-electron chi connectivity index (χ1n) is 11.0. The summed E-state index contributed by atoms with van der Waals surface area (Å²) in [5.74, 6) is -0.294. The zero-order valence-electron chi connectivity index (χ0n) is 19.0. The van der Waals surface area contributed by atoms with Gasteiger partial charge in [-0.15, -0.1) is 0 Å². The fourth-order valence-electron chi connectivity index (χ4n) is 3.01. The second-order valence-electron chi connectivity index (χ2n) is 7.51. The van der Waals surface area contributed by atoms with Crippen LogP contribution >= 0.6 is 11.6 Å². The van der Waals surface area contributed by atoms with Crippen molar-refractivity contribution in [1.29, 1.82) is 0 Å². The lowest BCUT2D eigenvalue weighted by Gasteiger charge is -2.19. The van der Waals surface area contributed by atoms with E-state index < -0.39 is 22.0 Å². The van der Waals surface area contributed by atoms with E-state index in [4.69, 9.17) is 16.3 Å². The SMILES string of the molecule is COC(=O)CCCCCCCNC(=O)C(COc1cccnc1)NS(=O)(=O)c1ccc(Cl)cc1. The lowest BCUT2D eigenvalue weighted by atomic mass is 10.1. The van der Waals surface area contributed by atoms with Gasteiger partial charge < -0.3 is 14.8 Å². The van der Waals surface area contributed by atoms with Crippen molar-refractivity contribution in [3.05, 3.63) is 53.8 Å². The lowest BCUT2D eigenvalue weighted by molar-refractivity contribution is -0.140. The first kappa shape index (κ1) is 27.6. The molecule has 2 rings (SSSR count). The van der Waals surface area contributed by atoms with Crippen molar-refractivity contribution in [2.75, 3.05) is 20.3 Å². The number of aromatic nitrogens is 1. The summed E-state index contributed by atoms with van der Waals surface area (Å²) in [7, 11) is -2.61. The highest BCUT2D eigenvalue weighted by atomic mass is 35.5. The molecule has 9 nitrogen and oxygen atoms in total. The number of methoxy groups -OCH3 is 1. The Hall–Kier alpha value is -2.69. The van der Waals surface area contributed by atoms with Gasteiger partial charge in [-0.25, -0.2) is 8.42 Å². The number of carbonyl (C=O) groups excluding carboxylic acids is 2. The van der Waals surface area contributed by atoms with Crippen LogP contribution in [0.1, 0.15) is 38.5 Å². The molecule has 2 N–H and O–H groups in total. The van der Waals surface area contributed by atoms with Crippen LogP contribution in [0.4, 0.5) is 0 Å². The number of amides is 1. The molecule has 1 unspecified atom stereocenters. The van der Waals surface area contributed by atoms with Crippen LogP contribution in [0, 0.1) is 0 Å². The Morgan fingerprint density at radius 2 is 1.76 bits per heavy atom. The van der Waals surface area contributed by atoms with E-state index >= 15 is 0 Å². The first-order valence-corrected chi connectivity index (χ1v) is 12.8. The molecule has 2 aromatic rings. The number of carbonyl (C=O) groups is 2. The maximum Gasteiger partial charge on any atom is 0.305 e. The normalized spacial score (nSPS) is 12.1. The summed E-state index contributed by atoms with van der Waals surface area (Å²) in [6, 6.07) is 7.83. The van der Waals surface area contributed by atoms with Gasteiger partial charge in [-0.05, 0) is 49.2 Å². The van der Waals surface area contributed by atoms with E-state index in [0.29, 0.717) is 23.7 Å². The summed E-state index contributed by atoms with van der Waals surface area (Å²) < 4.78 is 38.2. The lowest BCUT2D eigenvalue weighted by Crippen LogP contribution is -2.50. The summed E-state index contributed by atoms with van der Waals surface area (Å²) in [4.78, 5) is 27.8. The van der Waals surface area contributed by atoms with E-state index in [9.17, 15) is 18.0 Å². The van der Waals surface area contributed by atoms with Gasteiger partial charge in [0.1, 0.15) is 18.4 Å². The quantitative estimate of drug-likeness (QED) is 0.278. The molecule has 0 aliphatic heterocycles. The first-order chi connectivity index (χ1) is 16.3. The van der Waals surface area contributed by atoms with Crippen LogP contribution in [0.5, 0.6) is 5.75 Å². The smallest absolute Gasteiger partial charge is 0.305 e. The van der Waals surface area contributed by atoms with Crippen LogP contribution in [0.2, 0.25) is 5.02 Å². The van der Waals surface area contributed by atoms with Crippen molar-refractivity contribution in [3.63, 3.8) is 0 Å². The molecule has 1 amide bonds. The highest BCUT2D eigenvalue weighted by molar-refractivity contribution is 7.89. The molecule has 1 atom stereocenters. The molecule has 186 valence electrons. The predicted octanol–water partition coefficient (Wildman–Crippen LogP) is 3.09. The number of esters is 1. The molecule has 0 fully saturated rings. The van der Waals surface area contributed by atoms with Gasteiger partial charge in [0.05, 0.1) is 18.2 Å². The maximum absolute atomic E-state index is 12.8. The second kappa shape index (κ2) is 14.5. The van der Waals surface area contributed by atoms with Crippen LogP contribution in [0.15, 0.2) is 53.7 Å². The standard InChI is InChI=1S/C23H30ClN3O6S/c1-32-22(28)9-5-3-2-4-6-15-26-23(29)21(17-33-19-8-7-14-25-16-19)27-34(30,31)20-12-10-18(24)11-13-20/h7-8,10-14,16,21,27H,2-6,9,15,17H2,1H3,(H,26,29). The Kier molecular flexibility index (Phi) is 11.8. The second-order valence-corrected chi connectivity index (χ2v) is 9.66. The maximum atomic E-state index is 12.8. The van der Waals surface area contributed by atoms with Gasteiger partial charge in [0, 0.05) is 24.2 Å². The number of unbranched alkanes of at least 4 members (excludes halogenated alkanes) is 4. The predicted molar refractivity (Wildman–Crippen MR) is 128 cm³/mol. The summed E-state index contributed by atoms with van der Waals surface area (Å²) in [6.07, 6.45) is 7.63. The number of sulfonamides is 1. The van der Waals surface area contributed by atoms with Gasteiger partial charge >= 0.3 is 5.97 Å². The van der Waals surface area contributed by atoms with Gasteiger partial charge in [-0.1, -0.05) is 30.9 Å². The summed E-state index contributed by atoms with van der Waals surface area (Å²) >= 11 is 5.84. The molecule has 1 aromatic carbocycles. The highest BCUT2D eigenvalue weighted by Gasteiger charge is 2.26. The third-order valence-corrected chi connectivity index (χ3v) is 6.61. The minimum Gasteiger partial charge on any atom is -0.490 e. The molecule has 0 saturated carbocycles. The van der Waals surface area contributed by atoms with E-state index in [1.54, 1.807) is 18.3 Å². The number of pyridine rings is 1. The number of rotatable bonds is 15. The monoisotopic (exact) mass is 511 g/mol. The molecule has 11 heteroatoms. The summed E-state index contributed by atoms with van der Waals surface area (Å²) in [6.45, 7) is 0.180. The van der Waals surface area contributed by atoms with Crippen LogP contribution < -0.4 is 14.8 Å². The number of nitrogens with one attached hydrogen (secondary N) is 2. The largest absolute Gasteiger partial charge is 0.490 e. The van der Waals surface area contributed by atoms with E-state index in [1.807, 2.05) is 0 Å². The van der Waals surface area contributed by atoms with Gasteiger partial charge in [-0.3, -0.25) is 14.6 Å². The fourth-order valence-corrected chi connectivity index (χ4v) is 4.31. The molecule has 0 radical (unpaired) electrons. The van der Waals surface area contributed by atoms with Gasteiger partial charge in [0.25, 0.3) is 0 Å². The van der Waals surface area contributed by atoms with E-state index in [1.165, 1.54) is 37.6 Å². The fraction of sp³-hybridized carbons (Fsp3) is 0.435. The van der Waals surface area contributed by atoms with Crippen LogP contribution in [0.25, 0.3) is 0 Å². The highest BCUT2D eigenvalue weighted by Crippen LogP contribution is 2.15. The average molecular weight is 512 g/mol. The van der Waals surface area contributed by atoms with Crippen LogP contribution in [-0.2, 0) is 24.3 Å². The molecule has 0 aliphatic carbocycles. The molecule has 1 aromatic heterocycles. The number of benzene rings is 1. The van der Waals surface area contributed by atoms with Gasteiger partial charge in [0.2, 0.25) is 15.9 Å². The molecule has 34 heavy (non-hydrogen) atoms. The third-order valence-electron chi connectivity index (χ3n) is 4.87. The Morgan fingerprint density at radius 1 is 1.06 bits per heavy atom. The zero-order chi connectivity index (χ0) is 24.8. The summed E-state index contributed by atoms with van der Waals surface area (Å²) in [5, 5.41) is 3.17. The van der Waals surface area contributed by atoms with Crippen molar-refractivity contribution in [2.45, 2.75) is 49.5 Å². The van der Waals surface area contributed by atoms with E-state index in [0.717, 1.165) is 32.1 Å². The van der Waals surface area contributed by atoms with Gasteiger partial charge in [-0.2, -0.15) is 4.72 Å². The number of halogens is 1. The molecule has 1 heterocycles.